The summed E-state index contributed by atoms with van der Waals surface area (Å²) in [6.45, 7) is 1.70. The molecule has 0 aliphatic heterocycles. The molecule has 134 valence electrons. The number of carbonyl (C=O) groups excluding carboxylic acids is 1. The third-order valence-corrected chi connectivity index (χ3v) is 6.36. The van der Waals surface area contributed by atoms with E-state index in [1.54, 1.807) is 25.4 Å². The Labute approximate surface area is 150 Å². The second-order valence-electron chi connectivity index (χ2n) is 5.78. The Morgan fingerprint density at radius 1 is 1.40 bits per heavy atom. The van der Waals surface area contributed by atoms with Gasteiger partial charge in [-0.1, -0.05) is 17.8 Å². The molecular formula is C15H19N5O3S2. The fraction of sp³-hybridized carbons (Fsp3) is 0.400. The lowest BCUT2D eigenvalue weighted by molar-refractivity contribution is -0.113. The monoisotopic (exact) mass is 381 g/mol. The minimum Gasteiger partial charge on any atom is -0.325 e. The summed E-state index contributed by atoms with van der Waals surface area (Å²) >= 11 is 1.31. The quantitative estimate of drug-likeness (QED) is 0.705. The van der Waals surface area contributed by atoms with Gasteiger partial charge in [0, 0.05) is 11.7 Å². The number of nitrogens with one attached hydrogen (secondary N) is 2. The number of amides is 1. The van der Waals surface area contributed by atoms with Crippen molar-refractivity contribution in [1.29, 1.82) is 0 Å². The smallest absolute Gasteiger partial charge is 0.240 e. The lowest BCUT2D eigenvalue weighted by atomic mass is 10.2. The van der Waals surface area contributed by atoms with E-state index >= 15 is 0 Å². The average molecular weight is 381 g/mol. The highest BCUT2D eigenvalue weighted by molar-refractivity contribution is 7.99. The number of aromatic nitrogens is 3. The van der Waals surface area contributed by atoms with Crippen LogP contribution in [0.25, 0.3) is 0 Å². The Morgan fingerprint density at radius 2 is 2.16 bits per heavy atom. The van der Waals surface area contributed by atoms with E-state index < -0.39 is 10.0 Å². The zero-order chi connectivity index (χ0) is 18.0. The van der Waals surface area contributed by atoms with Crippen LogP contribution >= 0.6 is 11.8 Å². The summed E-state index contributed by atoms with van der Waals surface area (Å²) in [6, 6.07) is 5.25. The van der Waals surface area contributed by atoms with Crippen molar-refractivity contribution in [2.45, 2.75) is 35.9 Å². The standard InChI is InChI=1S/C15H19N5O3S2/c1-10-3-4-11(7-13(10)25(22,23)16-2)18-14(21)8-24-15-19-17-9-20(15)12-5-6-12/h3-4,7,9,12,16H,5-6,8H2,1-2H3,(H,18,21). The van der Waals surface area contributed by atoms with Crippen LogP contribution in [0.4, 0.5) is 5.69 Å². The summed E-state index contributed by atoms with van der Waals surface area (Å²) in [4.78, 5) is 12.3. The highest BCUT2D eigenvalue weighted by Crippen LogP contribution is 2.37. The highest BCUT2D eigenvalue weighted by atomic mass is 32.2. The molecular weight excluding hydrogens is 362 g/mol. The molecule has 10 heteroatoms. The molecule has 0 unspecified atom stereocenters. The van der Waals surface area contributed by atoms with Crippen LogP contribution in [0.3, 0.4) is 0 Å². The molecule has 1 aliphatic rings. The van der Waals surface area contributed by atoms with Crippen molar-refractivity contribution in [3.8, 4) is 0 Å². The van der Waals surface area contributed by atoms with Gasteiger partial charge in [-0.2, -0.15) is 0 Å². The maximum Gasteiger partial charge on any atom is 0.240 e. The molecule has 25 heavy (non-hydrogen) atoms. The summed E-state index contributed by atoms with van der Waals surface area (Å²) < 4.78 is 28.3. The van der Waals surface area contributed by atoms with Crippen LogP contribution in [-0.2, 0) is 14.8 Å². The first-order valence-corrected chi connectivity index (χ1v) is 10.2. The van der Waals surface area contributed by atoms with Gasteiger partial charge >= 0.3 is 0 Å². The summed E-state index contributed by atoms with van der Waals surface area (Å²) in [7, 11) is -2.22. The second-order valence-corrected chi connectivity index (χ2v) is 8.57. The van der Waals surface area contributed by atoms with Crippen molar-refractivity contribution < 1.29 is 13.2 Å². The van der Waals surface area contributed by atoms with Gasteiger partial charge in [0.25, 0.3) is 0 Å². The molecule has 1 heterocycles. The van der Waals surface area contributed by atoms with E-state index in [1.807, 2.05) is 4.57 Å². The van der Waals surface area contributed by atoms with Gasteiger partial charge in [-0.3, -0.25) is 4.79 Å². The summed E-state index contributed by atoms with van der Waals surface area (Å²) in [5.74, 6) is -0.0556. The van der Waals surface area contributed by atoms with E-state index in [2.05, 4.69) is 20.2 Å². The average Bonchev–Trinajstić information content (AvgIpc) is 3.32. The van der Waals surface area contributed by atoms with Crippen LogP contribution in [0.15, 0.2) is 34.6 Å². The van der Waals surface area contributed by atoms with Crippen molar-refractivity contribution in [2.24, 2.45) is 0 Å². The molecule has 1 fully saturated rings. The first kappa shape index (κ1) is 17.9. The Bertz CT molecular complexity index is 890. The van der Waals surface area contributed by atoms with Crippen molar-refractivity contribution in [3.63, 3.8) is 0 Å². The van der Waals surface area contributed by atoms with Crippen LogP contribution in [-0.4, -0.2) is 41.9 Å². The number of anilines is 1. The third-order valence-electron chi connectivity index (χ3n) is 3.84. The summed E-state index contributed by atoms with van der Waals surface area (Å²) in [5.41, 5.74) is 1.05. The topological polar surface area (TPSA) is 106 Å². The van der Waals surface area contributed by atoms with Crippen LogP contribution in [0.2, 0.25) is 0 Å². The minimum atomic E-state index is -3.57. The van der Waals surface area contributed by atoms with Crippen molar-refractivity contribution in [2.75, 3.05) is 18.1 Å². The number of benzene rings is 1. The van der Waals surface area contributed by atoms with Gasteiger partial charge in [0.15, 0.2) is 5.16 Å². The van der Waals surface area contributed by atoms with Crippen LogP contribution < -0.4 is 10.0 Å². The van der Waals surface area contributed by atoms with Gasteiger partial charge in [-0.25, -0.2) is 13.1 Å². The molecule has 0 spiro atoms. The number of rotatable bonds is 7. The zero-order valence-electron chi connectivity index (χ0n) is 13.9. The fourth-order valence-corrected chi connectivity index (χ4v) is 4.12. The summed E-state index contributed by atoms with van der Waals surface area (Å²) in [6.07, 6.45) is 3.92. The van der Waals surface area contributed by atoms with E-state index in [1.165, 1.54) is 24.9 Å². The van der Waals surface area contributed by atoms with Gasteiger partial charge < -0.3 is 9.88 Å². The molecule has 0 saturated heterocycles. The normalized spacial score (nSPS) is 14.5. The Kier molecular flexibility index (Phi) is 5.11. The van der Waals surface area contributed by atoms with E-state index in [0.717, 1.165) is 18.0 Å². The molecule has 3 rings (SSSR count). The fourth-order valence-electron chi connectivity index (χ4n) is 2.34. The molecule has 1 amide bonds. The molecule has 0 radical (unpaired) electrons. The Balaban J connectivity index is 1.65. The van der Waals surface area contributed by atoms with Gasteiger partial charge in [-0.05, 0) is 44.5 Å². The number of nitrogens with zero attached hydrogens (tertiary/aromatic N) is 3. The molecule has 8 nitrogen and oxygen atoms in total. The molecule has 1 aliphatic carbocycles. The van der Waals surface area contributed by atoms with Gasteiger partial charge in [-0.15, -0.1) is 10.2 Å². The number of sulfonamides is 1. The van der Waals surface area contributed by atoms with E-state index in [-0.39, 0.29) is 16.6 Å². The number of carbonyl (C=O) groups is 1. The third kappa shape index (κ3) is 4.20. The van der Waals surface area contributed by atoms with Crippen molar-refractivity contribution in [3.05, 3.63) is 30.1 Å². The molecule has 0 bridgehead atoms. The molecule has 2 aromatic rings. The first-order valence-electron chi connectivity index (χ1n) is 7.77. The maximum atomic E-state index is 12.2. The van der Waals surface area contributed by atoms with Crippen LogP contribution in [0.5, 0.6) is 0 Å². The lowest BCUT2D eigenvalue weighted by Gasteiger charge is -2.10. The number of hydrogen-bond donors (Lipinski definition) is 2. The Hall–Kier alpha value is -1.91. The number of hydrogen-bond acceptors (Lipinski definition) is 6. The lowest BCUT2D eigenvalue weighted by Crippen LogP contribution is -2.20. The van der Waals surface area contributed by atoms with Gasteiger partial charge in [0.2, 0.25) is 15.9 Å². The molecule has 0 atom stereocenters. The van der Waals surface area contributed by atoms with E-state index in [9.17, 15) is 13.2 Å². The second kappa shape index (κ2) is 7.14. The largest absolute Gasteiger partial charge is 0.325 e. The number of aryl methyl sites for hydroxylation is 1. The molecule has 1 aromatic carbocycles. The molecule has 1 saturated carbocycles. The van der Waals surface area contributed by atoms with E-state index in [4.69, 9.17) is 0 Å². The van der Waals surface area contributed by atoms with Gasteiger partial charge in [0.1, 0.15) is 6.33 Å². The van der Waals surface area contributed by atoms with E-state index in [0.29, 0.717) is 17.3 Å². The van der Waals surface area contributed by atoms with Crippen molar-refractivity contribution >= 4 is 33.4 Å². The summed E-state index contributed by atoms with van der Waals surface area (Å²) in [5, 5.41) is 11.4. The number of thioether (sulfide) groups is 1. The SMILES string of the molecule is CNS(=O)(=O)c1cc(NC(=O)CSc2nncn2C2CC2)ccc1C. The zero-order valence-corrected chi connectivity index (χ0v) is 15.5. The Morgan fingerprint density at radius 3 is 2.84 bits per heavy atom. The molecule has 2 N–H and O–H groups in total. The first-order chi connectivity index (χ1) is 11.9. The van der Waals surface area contributed by atoms with Crippen LogP contribution in [0, 0.1) is 6.92 Å². The predicted octanol–water partition coefficient (Wildman–Crippen LogP) is 1.56. The van der Waals surface area contributed by atoms with Crippen molar-refractivity contribution in [1.82, 2.24) is 19.5 Å². The van der Waals surface area contributed by atoms with Crippen LogP contribution in [0.1, 0.15) is 24.4 Å². The predicted molar refractivity (Wildman–Crippen MR) is 95.1 cm³/mol. The van der Waals surface area contributed by atoms with Gasteiger partial charge in [0.05, 0.1) is 10.6 Å². The minimum absolute atomic E-state index is 0.147. The molecule has 1 aromatic heterocycles. The maximum absolute atomic E-state index is 12.2. The highest BCUT2D eigenvalue weighted by Gasteiger charge is 2.26.